The molecule has 43 heavy (non-hydrogen) atoms. The van der Waals surface area contributed by atoms with Crippen LogP contribution >= 0.6 is 11.3 Å². The summed E-state index contributed by atoms with van der Waals surface area (Å²) >= 11 is 1.33. The number of fused-ring (bicyclic) bond motifs is 1. The fraction of sp³-hybridized carbons (Fsp3) is 0.323. The first kappa shape index (κ1) is 31.9. The van der Waals surface area contributed by atoms with E-state index in [9.17, 15) is 13.2 Å². The van der Waals surface area contributed by atoms with Crippen molar-refractivity contribution in [3.05, 3.63) is 71.3 Å². The van der Waals surface area contributed by atoms with Crippen LogP contribution in [0.15, 0.2) is 64.6 Å². The number of thiazole rings is 1. The van der Waals surface area contributed by atoms with Crippen LogP contribution in [0.25, 0.3) is 10.2 Å². The lowest BCUT2D eigenvalue weighted by Crippen LogP contribution is -2.32. The Bertz CT molecular complexity index is 1690. The third kappa shape index (κ3) is 6.98. The number of hydrogen-bond donors (Lipinski definition) is 0. The molecule has 0 fully saturated rings. The lowest BCUT2D eigenvalue weighted by atomic mass is 10.2. The Morgan fingerprint density at radius 1 is 0.977 bits per heavy atom. The van der Waals surface area contributed by atoms with E-state index in [1.165, 1.54) is 72.5 Å². The summed E-state index contributed by atoms with van der Waals surface area (Å²) in [6.45, 7) is 6.62. The van der Waals surface area contributed by atoms with Gasteiger partial charge < -0.3 is 14.2 Å². The van der Waals surface area contributed by atoms with Gasteiger partial charge >= 0.3 is 0 Å². The summed E-state index contributed by atoms with van der Waals surface area (Å²) in [5.74, 6) is 0.840. The molecule has 0 aliphatic rings. The fourth-order valence-electron chi connectivity index (χ4n) is 4.42. The molecule has 0 unspecified atom stereocenters. The molecular formula is C31H36N4O6S2. The maximum atomic E-state index is 13.9. The zero-order chi connectivity index (χ0) is 31.1. The first-order valence-corrected chi connectivity index (χ1v) is 16.1. The molecule has 4 aromatic rings. The largest absolute Gasteiger partial charge is 0.493 e. The first-order chi connectivity index (χ1) is 20.7. The van der Waals surface area contributed by atoms with Gasteiger partial charge in [0, 0.05) is 24.2 Å². The van der Waals surface area contributed by atoms with Gasteiger partial charge in [0.15, 0.2) is 11.5 Å². The summed E-state index contributed by atoms with van der Waals surface area (Å²) in [5.41, 5.74) is 2.66. The van der Waals surface area contributed by atoms with Crippen LogP contribution in [-0.4, -0.2) is 64.2 Å². The highest BCUT2D eigenvalue weighted by Gasteiger charge is 2.25. The van der Waals surface area contributed by atoms with Crippen LogP contribution in [0.2, 0.25) is 0 Å². The SMILES string of the molecule is CCCCN(CC)S(=O)(=O)c1ccc(C(=O)N(/N=C/c2cc(OC)c(OC)c(OC)c2)c2nc3ccc(C)cc3s2)cc1. The summed E-state index contributed by atoms with van der Waals surface area (Å²) in [6.07, 6.45) is 3.16. The standard InChI is InChI=1S/C31H36N4O6S2/c1-7-9-16-34(8-2)43(37,38)24-13-11-23(12-14-24)30(36)35(31-33-25-15-10-21(3)17-28(25)42-31)32-20-22-18-26(39-4)29(41-6)27(19-22)40-5/h10-15,17-20H,7-9,16H2,1-6H3/b32-20+. The molecule has 0 atom stereocenters. The third-order valence-electron chi connectivity index (χ3n) is 6.77. The number of aromatic nitrogens is 1. The normalized spacial score (nSPS) is 11.8. The Morgan fingerprint density at radius 3 is 2.23 bits per heavy atom. The number of rotatable bonds is 13. The van der Waals surface area contributed by atoms with Gasteiger partial charge in [-0.3, -0.25) is 4.79 Å². The highest BCUT2D eigenvalue weighted by atomic mass is 32.2. The maximum absolute atomic E-state index is 13.9. The van der Waals surface area contributed by atoms with Crippen LogP contribution < -0.4 is 19.2 Å². The second-order valence-electron chi connectivity index (χ2n) is 9.66. The number of methoxy groups -OCH3 is 3. The van der Waals surface area contributed by atoms with Crippen LogP contribution in [0.3, 0.4) is 0 Å². The Hall–Kier alpha value is -4.00. The van der Waals surface area contributed by atoms with Crippen LogP contribution in [0.5, 0.6) is 17.2 Å². The molecule has 228 valence electrons. The van der Waals surface area contributed by atoms with Crippen molar-refractivity contribution in [1.82, 2.24) is 9.29 Å². The van der Waals surface area contributed by atoms with Gasteiger partial charge in [0.2, 0.25) is 20.9 Å². The molecule has 0 aliphatic heterocycles. The first-order valence-electron chi connectivity index (χ1n) is 13.8. The molecule has 1 amide bonds. The number of amides is 1. The Labute approximate surface area is 256 Å². The molecule has 0 radical (unpaired) electrons. The minimum absolute atomic E-state index is 0.130. The van der Waals surface area contributed by atoms with Gasteiger partial charge in [0.1, 0.15) is 0 Å². The molecule has 0 saturated heterocycles. The van der Waals surface area contributed by atoms with Crippen molar-refractivity contribution in [3.8, 4) is 17.2 Å². The lowest BCUT2D eigenvalue weighted by Gasteiger charge is -2.20. The summed E-state index contributed by atoms with van der Waals surface area (Å²) in [5, 5.41) is 6.12. The van der Waals surface area contributed by atoms with Gasteiger partial charge in [-0.1, -0.05) is 37.7 Å². The Balaban J connectivity index is 1.73. The van der Waals surface area contributed by atoms with Crippen LogP contribution in [-0.2, 0) is 10.0 Å². The van der Waals surface area contributed by atoms with Crippen molar-refractivity contribution < 1.29 is 27.4 Å². The molecule has 12 heteroatoms. The molecule has 0 N–H and O–H groups in total. The maximum Gasteiger partial charge on any atom is 0.280 e. The van der Waals surface area contributed by atoms with Crippen molar-refractivity contribution in [1.29, 1.82) is 0 Å². The van der Waals surface area contributed by atoms with Crippen molar-refractivity contribution in [3.63, 3.8) is 0 Å². The lowest BCUT2D eigenvalue weighted by molar-refractivity contribution is 0.0987. The molecule has 0 spiro atoms. The van der Waals surface area contributed by atoms with E-state index in [1.54, 1.807) is 12.1 Å². The van der Waals surface area contributed by atoms with E-state index in [2.05, 4.69) is 10.1 Å². The van der Waals surface area contributed by atoms with E-state index in [0.29, 0.717) is 41.0 Å². The van der Waals surface area contributed by atoms with Gasteiger partial charge in [-0.25, -0.2) is 13.4 Å². The van der Waals surface area contributed by atoms with Gasteiger partial charge in [-0.2, -0.15) is 14.4 Å². The van der Waals surface area contributed by atoms with E-state index in [0.717, 1.165) is 28.6 Å². The number of unbranched alkanes of at least 4 members (excludes halogenated alkanes) is 1. The summed E-state index contributed by atoms with van der Waals surface area (Å²) in [4.78, 5) is 18.7. The van der Waals surface area contributed by atoms with Crippen molar-refractivity contribution in [2.75, 3.05) is 39.4 Å². The number of benzene rings is 3. The number of anilines is 1. The van der Waals surface area contributed by atoms with Crippen LogP contribution in [0.4, 0.5) is 5.13 Å². The topological polar surface area (TPSA) is 111 Å². The number of carbonyl (C=O) groups excluding carboxylic acids is 1. The van der Waals surface area contributed by atoms with Gasteiger partial charge in [0.25, 0.3) is 5.91 Å². The minimum atomic E-state index is -3.69. The molecular weight excluding hydrogens is 588 g/mol. The predicted molar refractivity (Wildman–Crippen MR) is 171 cm³/mol. The molecule has 3 aromatic carbocycles. The summed E-state index contributed by atoms with van der Waals surface area (Å²) in [6, 6.07) is 15.2. The zero-order valence-electron chi connectivity index (χ0n) is 25.2. The van der Waals surface area contributed by atoms with E-state index >= 15 is 0 Å². The Kier molecular flexibility index (Phi) is 10.4. The van der Waals surface area contributed by atoms with Crippen LogP contribution in [0, 0.1) is 6.92 Å². The zero-order valence-corrected chi connectivity index (χ0v) is 26.8. The number of hydrogen-bond acceptors (Lipinski definition) is 9. The second-order valence-corrected chi connectivity index (χ2v) is 12.6. The van der Waals surface area contributed by atoms with Gasteiger partial charge in [0.05, 0.1) is 42.7 Å². The number of ether oxygens (including phenoxy) is 3. The average molecular weight is 625 g/mol. The van der Waals surface area contributed by atoms with Crippen molar-refractivity contribution in [2.24, 2.45) is 5.10 Å². The number of nitrogens with zero attached hydrogens (tertiary/aromatic N) is 4. The van der Waals surface area contributed by atoms with Crippen molar-refractivity contribution in [2.45, 2.75) is 38.5 Å². The molecule has 1 heterocycles. The van der Waals surface area contributed by atoms with E-state index in [4.69, 9.17) is 14.2 Å². The quantitative estimate of drug-likeness (QED) is 0.130. The molecule has 0 aliphatic carbocycles. The van der Waals surface area contributed by atoms with E-state index in [1.807, 2.05) is 39.0 Å². The number of carbonyl (C=O) groups is 1. The van der Waals surface area contributed by atoms with E-state index in [-0.39, 0.29) is 10.5 Å². The monoisotopic (exact) mass is 624 g/mol. The molecule has 4 rings (SSSR count). The minimum Gasteiger partial charge on any atom is -0.493 e. The second kappa shape index (κ2) is 14.0. The van der Waals surface area contributed by atoms with E-state index < -0.39 is 15.9 Å². The molecule has 0 saturated carbocycles. The third-order valence-corrected chi connectivity index (χ3v) is 9.75. The smallest absolute Gasteiger partial charge is 0.280 e. The number of aryl methyl sites for hydroxylation is 1. The highest BCUT2D eigenvalue weighted by molar-refractivity contribution is 7.89. The highest BCUT2D eigenvalue weighted by Crippen LogP contribution is 2.38. The molecule has 10 nitrogen and oxygen atoms in total. The number of sulfonamides is 1. The average Bonchev–Trinajstić information content (AvgIpc) is 3.43. The molecule has 0 bridgehead atoms. The Morgan fingerprint density at radius 2 is 1.65 bits per heavy atom. The van der Waals surface area contributed by atoms with Gasteiger partial charge in [-0.15, -0.1) is 0 Å². The summed E-state index contributed by atoms with van der Waals surface area (Å²) in [7, 11) is 0.865. The predicted octanol–water partition coefficient (Wildman–Crippen LogP) is 6.12. The van der Waals surface area contributed by atoms with Crippen molar-refractivity contribution >= 4 is 48.8 Å². The summed E-state index contributed by atoms with van der Waals surface area (Å²) < 4.78 is 45.1. The molecule has 1 aromatic heterocycles. The number of hydrazone groups is 1. The van der Waals surface area contributed by atoms with Gasteiger partial charge in [-0.05, 0) is 67.4 Å². The fourth-order valence-corrected chi connectivity index (χ4v) is 6.93. The van der Waals surface area contributed by atoms with Crippen LogP contribution in [0.1, 0.15) is 48.2 Å².